The molecule has 0 bridgehead atoms. The van der Waals surface area contributed by atoms with E-state index in [0.717, 1.165) is 56.1 Å². The van der Waals surface area contributed by atoms with Crippen LogP contribution in [0.2, 0.25) is 0 Å². The van der Waals surface area contributed by atoms with Crippen LogP contribution >= 0.6 is 11.5 Å². The van der Waals surface area contributed by atoms with Crippen molar-refractivity contribution in [1.82, 2.24) is 14.3 Å². The maximum absolute atomic E-state index is 10.2. The molecule has 0 aromatic carbocycles. The predicted molar refractivity (Wildman–Crippen MR) is 94.9 cm³/mol. The third-order valence-electron chi connectivity index (χ3n) is 5.08. The van der Waals surface area contributed by atoms with Crippen molar-refractivity contribution in [1.29, 1.82) is 0 Å². The van der Waals surface area contributed by atoms with E-state index in [1.807, 2.05) is 0 Å². The molecule has 0 spiro atoms. The van der Waals surface area contributed by atoms with Gasteiger partial charge in [-0.2, -0.15) is 4.37 Å². The molecule has 2 atom stereocenters. The zero-order valence-corrected chi connectivity index (χ0v) is 15.2. The summed E-state index contributed by atoms with van der Waals surface area (Å²) in [5, 5.41) is 14.8. The fraction of sp³-hybridized carbons (Fsp3) is 0.882. The van der Waals surface area contributed by atoms with E-state index >= 15 is 0 Å². The van der Waals surface area contributed by atoms with Gasteiger partial charge in [0.25, 0.3) is 0 Å². The molecule has 6 heteroatoms. The Morgan fingerprint density at radius 3 is 2.65 bits per heavy atom. The Balaban J connectivity index is 1.46. The quantitative estimate of drug-likeness (QED) is 0.864. The maximum atomic E-state index is 10.2. The molecular formula is C17H30N4OS. The van der Waals surface area contributed by atoms with Gasteiger partial charge in [-0.05, 0) is 31.6 Å². The first-order valence-electron chi connectivity index (χ1n) is 9.13. The van der Waals surface area contributed by atoms with Crippen LogP contribution in [0.3, 0.4) is 0 Å². The number of hydrogen-bond acceptors (Lipinski definition) is 6. The van der Waals surface area contributed by atoms with Gasteiger partial charge in [-0.1, -0.05) is 26.7 Å². The van der Waals surface area contributed by atoms with E-state index in [9.17, 15) is 5.11 Å². The number of anilines is 1. The lowest BCUT2D eigenvalue weighted by Crippen LogP contribution is -2.50. The minimum absolute atomic E-state index is 0.116. The summed E-state index contributed by atoms with van der Waals surface area (Å²) in [6.07, 6.45) is 7.69. The molecule has 0 amide bonds. The summed E-state index contributed by atoms with van der Waals surface area (Å²) < 4.78 is 4.44. The molecule has 2 heterocycles. The lowest BCUT2D eigenvalue weighted by atomic mass is 9.89. The van der Waals surface area contributed by atoms with E-state index in [-0.39, 0.29) is 6.10 Å². The zero-order valence-electron chi connectivity index (χ0n) is 14.4. The normalized spacial score (nSPS) is 27.5. The molecule has 2 aliphatic rings. The molecule has 1 saturated heterocycles. The van der Waals surface area contributed by atoms with Crippen molar-refractivity contribution in [3.63, 3.8) is 0 Å². The molecule has 1 aliphatic heterocycles. The van der Waals surface area contributed by atoms with E-state index in [1.165, 1.54) is 24.4 Å². The molecule has 2 fully saturated rings. The number of nitrogens with one attached hydrogen (secondary N) is 1. The highest BCUT2D eigenvalue weighted by Crippen LogP contribution is 2.27. The third-order valence-corrected chi connectivity index (χ3v) is 5.76. The first-order valence-corrected chi connectivity index (χ1v) is 9.90. The average molecular weight is 339 g/mol. The molecule has 130 valence electrons. The average Bonchev–Trinajstić information content (AvgIpc) is 2.95. The third kappa shape index (κ3) is 4.64. The Morgan fingerprint density at radius 2 is 1.96 bits per heavy atom. The van der Waals surface area contributed by atoms with Crippen LogP contribution in [0.15, 0.2) is 0 Å². The van der Waals surface area contributed by atoms with Gasteiger partial charge in [0, 0.05) is 43.1 Å². The largest absolute Gasteiger partial charge is 0.391 e. The van der Waals surface area contributed by atoms with E-state index in [2.05, 4.69) is 33.4 Å². The highest BCUT2D eigenvalue weighted by Gasteiger charge is 2.31. The van der Waals surface area contributed by atoms with E-state index < -0.39 is 0 Å². The van der Waals surface area contributed by atoms with E-state index in [4.69, 9.17) is 0 Å². The van der Waals surface area contributed by atoms with E-state index in [1.54, 1.807) is 0 Å². The molecule has 1 aromatic rings. The topological polar surface area (TPSA) is 61.3 Å². The lowest BCUT2D eigenvalue weighted by Gasteiger charge is -2.41. The van der Waals surface area contributed by atoms with Gasteiger partial charge >= 0.3 is 0 Å². The first kappa shape index (κ1) is 17.1. The highest BCUT2D eigenvalue weighted by atomic mass is 32.1. The molecule has 1 aromatic heterocycles. The van der Waals surface area contributed by atoms with Crippen LogP contribution in [0.5, 0.6) is 0 Å². The molecule has 5 nitrogen and oxygen atoms in total. The number of hydrogen-bond donors (Lipinski definition) is 2. The molecular weight excluding hydrogens is 308 g/mol. The summed E-state index contributed by atoms with van der Waals surface area (Å²) in [5.74, 6) is 1.57. The van der Waals surface area contributed by atoms with Crippen LogP contribution in [-0.2, 0) is 6.42 Å². The standard InChI is InChI=1S/C17H30N4OS/c1-12(2)11-16-19-17(23-20-16)18-13-7-9-21(10-8-13)14-5-3-4-6-15(14)22/h12-15,22H,3-11H2,1-2H3,(H,18,19,20)/t14-,15-/m0/s1. The van der Waals surface area contributed by atoms with Gasteiger partial charge in [0.1, 0.15) is 5.82 Å². The number of aromatic nitrogens is 2. The van der Waals surface area contributed by atoms with Gasteiger partial charge < -0.3 is 10.4 Å². The van der Waals surface area contributed by atoms with Crippen LogP contribution in [0.4, 0.5) is 5.13 Å². The van der Waals surface area contributed by atoms with Crippen molar-refractivity contribution in [2.45, 2.75) is 77.0 Å². The lowest BCUT2D eigenvalue weighted by molar-refractivity contribution is 0.00993. The Bertz CT molecular complexity index is 485. The van der Waals surface area contributed by atoms with E-state index in [0.29, 0.717) is 18.0 Å². The summed E-state index contributed by atoms with van der Waals surface area (Å²) >= 11 is 1.49. The van der Waals surface area contributed by atoms with Crippen molar-refractivity contribution >= 4 is 16.7 Å². The second-order valence-electron chi connectivity index (χ2n) is 7.49. The summed E-state index contributed by atoms with van der Waals surface area (Å²) in [6.45, 7) is 6.56. The SMILES string of the molecule is CC(C)Cc1nsc(NC2CCN([C@H]3CCCC[C@@H]3O)CC2)n1. The summed E-state index contributed by atoms with van der Waals surface area (Å²) in [5.41, 5.74) is 0. The number of likely N-dealkylation sites (tertiary alicyclic amines) is 1. The number of aliphatic hydroxyl groups is 1. The van der Waals surface area contributed by atoms with Crippen LogP contribution in [0.1, 0.15) is 58.2 Å². The number of rotatable bonds is 5. The smallest absolute Gasteiger partial charge is 0.202 e. The van der Waals surface area contributed by atoms with Crippen LogP contribution in [0, 0.1) is 5.92 Å². The predicted octanol–water partition coefficient (Wildman–Crippen LogP) is 2.92. The molecule has 1 aliphatic carbocycles. The minimum Gasteiger partial charge on any atom is -0.391 e. The molecule has 2 N–H and O–H groups in total. The van der Waals surface area contributed by atoms with Crippen LogP contribution in [0.25, 0.3) is 0 Å². The van der Waals surface area contributed by atoms with Crippen molar-refractivity contribution < 1.29 is 5.11 Å². The zero-order chi connectivity index (χ0) is 16.2. The van der Waals surface area contributed by atoms with Crippen molar-refractivity contribution in [3.05, 3.63) is 5.82 Å². The Hall–Kier alpha value is -0.720. The summed E-state index contributed by atoms with van der Waals surface area (Å²) in [7, 11) is 0. The summed E-state index contributed by atoms with van der Waals surface area (Å²) in [4.78, 5) is 7.11. The van der Waals surface area contributed by atoms with Gasteiger partial charge in [-0.25, -0.2) is 4.98 Å². The molecule has 1 saturated carbocycles. The van der Waals surface area contributed by atoms with Gasteiger partial charge in [0.15, 0.2) is 0 Å². The molecule has 0 radical (unpaired) electrons. The second kappa shape index (κ2) is 7.90. The fourth-order valence-corrected chi connectivity index (χ4v) is 4.50. The first-order chi connectivity index (χ1) is 11.1. The highest BCUT2D eigenvalue weighted by molar-refractivity contribution is 7.09. The fourth-order valence-electron chi connectivity index (χ4n) is 3.83. The summed E-state index contributed by atoms with van der Waals surface area (Å²) in [6, 6.07) is 0.885. The number of aliphatic hydroxyl groups excluding tert-OH is 1. The van der Waals surface area contributed by atoms with Gasteiger partial charge in [0.05, 0.1) is 6.10 Å². The molecule has 23 heavy (non-hydrogen) atoms. The Morgan fingerprint density at radius 1 is 1.22 bits per heavy atom. The minimum atomic E-state index is -0.116. The number of nitrogens with zero attached hydrogens (tertiary/aromatic N) is 3. The van der Waals surface area contributed by atoms with Crippen molar-refractivity contribution in [2.75, 3.05) is 18.4 Å². The Labute approximate surface area is 143 Å². The van der Waals surface area contributed by atoms with Crippen LogP contribution < -0.4 is 5.32 Å². The van der Waals surface area contributed by atoms with Crippen LogP contribution in [-0.4, -0.2) is 50.6 Å². The molecule has 3 rings (SSSR count). The maximum Gasteiger partial charge on any atom is 0.202 e. The monoisotopic (exact) mass is 338 g/mol. The Kier molecular flexibility index (Phi) is 5.88. The molecule has 0 unspecified atom stereocenters. The van der Waals surface area contributed by atoms with Gasteiger partial charge in [-0.3, -0.25) is 4.90 Å². The number of piperidine rings is 1. The van der Waals surface area contributed by atoms with Crippen molar-refractivity contribution in [3.8, 4) is 0 Å². The van der Waals surface area contributed by atoms with Gasteiger partial charge in [-0.15, -0.1) is 0 Å². The van der Waals surface area contributed by atoms with Gasteiger partial charge in [0.2, 0.25) is 5.13 Å². The van der Waals surface area contributed by atoms with Crippen molar-refractivity contribution in [2.24, 2.45) is 5.92 Å². The second-order valence-corrected chi connectivity index (χ2v) is 8.24.